The second kappa shape index (κ2) is 16.2. The van der Waals surface area contributed by atoms with Gasteiger partial charge in [0.15, 0.2) is 5.65 Å². The third-order valence-electron chi connectivity index (χ3n) is 8.57. The first-order chi connectivity index (χ1) is 21.8. The van der Waals surface area contributed by atoms with Gasteiger partial charge in [-0.1, -0.05) is 58.6 Å². The topological polar surface area (TPSA) is 107 Å². The zero-order chi connectivity index (χ0) is 32.3. The lowest BCUT2D eigenvalue weighted by atomic mass is 9.80. The third-order valence-corrected chi connectivity index (χ3v) is 8.57. The van der Waals surface area contributed by atoms with Gasteiger partial charge < -0.3 is 15.2 Å². The minimum atomic E-state index is -0.227. The Morgan fingerprint density at radius 2 is 1.58 bits per heavy atom. The summed E-state index contributed by atoms with van der Waals surface area (Å²) in [5.41, 5.74) is 5.45. The van der Waals surface area contributed by atoms with Crippen molar-refractivity contribution >= 4 is 45.3 Å². The number of aryl methyl sites for hydroxylation is 3. The summed E-state index contributed by atoms with van der Waals surface area (Å²) in [6.45, 7) is 15.7. The predicted molar refractivity (Wildman–Crippen MR) is 184 cm³/mol. The second-order valence-corrected chi connectivity index (χ2v) is 12.2. The van der Waals surface area contributed by atoms with Gasteiger partial charge in [0.1, 0.15) is 5.65 Å². The van der Waals surface area contributed by atoms with Crippen molar-refractivity contribution < 1.29 is 9.59 Å². The van der Waals surface area contributed by atoms with Crippen molar-refractivity contribution in [2.24, 2.45) is 11.8 Å². The summed E-state index contributed by atoms with van der Waals surface area (Å²) in [6.07, 6.45) is 20.3. The molecule has 0 atom stereocenters. The summed E-state index contributed by atoms with van der Waals surface area (Å²) in [7, 11) is 0. The molecule has 0 unspecified atom stereocenters. The van der Waals surface area contributed by atoms with Gasteiger partial charge in [0, 0.05) is 30.1 Å². The first-order valence-corrected chi connectivity index (χ1v) is 16.4. The molecule has 9 heteroatoms. The molecule has 0 bridgehead atoms. The number of fused-ring (bicyclic) bond motifs is 2. The number of hydrogen-bond acceptors (Lipinski definition) is 5. The number of carbonyl (C=O) groups is 2. The number of nitrogens with zero attached hydrogens (tertiary/aromatic N) is 5. The number of unbranched alkanes of at least 4 members (excludes halogenated alkanes) is 1. The Balaban J connectivity index is 0.000000210. The van der Waals surface area contributed by atoms with Gasteiger partial charge in [-0.05, 0) is 81.7 Å². The van der Waals surface area contributed by atoms with Gasteiger partial charge in [-0.3, -0.25) is 9.59 Å². The maximum absolute atomic E-state index is 11.5. The quantitative estimate of drug-likeness (QED) is 0.167. The molecule has 4 aromatic heterocycles. The summed E-state index contributed by atoms with van der Waals surface area (Å²) in [4.78, 5) is 32.1. The molecule has 2 amide bonds. The van der Waals surface area contributed by atoms with Crippen LogP contribution in [0.5, 0.6) is 0 Å². The zero-order valence-electron chi connectivity index (χ0n) is 27.6. The zero-order valence-corrected chi connectivity index (χ0v) is 27.6. The van der Waals surface area contributed by atoms with Crippen molar-refractivity contribution in [2.75, 3.05) is 10.6 Å². The largest absolute Gasteiger partial charge is 0.332 e. The smallest absolute Gasteiger partial charge is 0.248 e. The van der Waals surface area contributed by atoms with Crippen LogP contribution in [0, 0.1) is 25.7 Å². The van der Waals surface area contributed by atoms with Crippen LogP contribution in [-0.4, -0.2) is 36.1 Å². The first-order valence-electron chi connectivity index (χ1n) is 16.4. The molecule has 4 heterocycles. The molecule has 1 aliphatic carbocycles. The Labute approximate surface area is 267 Å². The molecule has 45 heavy (non-hydrogen) atoms. The monoisotopic (exact) mass is 611 g/mol. The van der Waals surface area contributed by atoms with Crippen LogP contribution in [0.15, 0.2) is 55.5 Å². The summed E-state index contributed by atoms with van der Waals surface area (Å²) in [6, 6.07) is 3.93. The number of aromatic nitrogens is 5. The van der Waals surface area contributed by atoms with Crippen molar-refractivity contribution in [1.29, 1.82) is 0 Å². The summed E-state index contributed by atoms with van der Waals surface area (Å²) in [5, 5.41) is 12.4. The molecule has 9 nitrogen and oxygen atoms in total. The summed E-state index contributed by atoms with van der Waals surface area (Å²) in [5.74, 6) is 1.26. The molecule has 0 saturated heterocycles. The highest BCUT2D eigenvalue weighted by Gasteiger charge is 2.22. The fourth-order valence-corrected chi connectivity index (χ4v) is 6.20. The lowest BCUT2D eigenvalue weighted by Gasteiger charge is -2.28. The first kappa shape index (κ1) is 33.6. The van der Waals surface area contributed by atoms with Crippen LogP contribution in [0.4, 0.5) is 11.4 Å². The highest BCUT2D eigenvalue weighted by molar-refractivity contribution is 6.00. The molecule has 2 N–H and O–H groups in total. The molecular weight excluding hydrogens is 562 g/mol. The maximum Gasteiger partial charge on any atom is 0.248 e. The van der Waals surface area contributed by atoms with E-state index < -0.39 is 0 Å². The Hall–Kier alpha value is -4.27. The van der Waals surface area contributed by atoms with E-state index in [2.05, 4.69) is 63.4 Å². The molecule has 0 spiro atoms. The highest BCUT2D eigenvalue weighted by atomic mass is 16.2. The van der Waals surface area contributed by atoms with Crippen LogP contribution >= 0.6 is 0 Å². The van der Waals surface area contributed by atoms with Gasteiger partial charge in [-0.25, -0.2) is 14.6 Å². The van der Waals surface area contributed by atoms with Crippen LogP contribution in [0.2, 0.25) is 0 Å². The standard InChI is InChI=1S/C20H28N4O.C16H21N3O/c1-4-6-15-7-9-16(10-8-15)13-24-20-18(14(3)23-24)11-17(12-21-20)22-19(25)5-2;1-4-6-8-19-11-12(3)14-9-13(10-17-16(14)19)18-15(20)7-5-2/h5,11-12,15-16H,2,4,6-10,13H2,1,3H3,(H,22,25);5,7,9-11H,4,6,8H2,1-3H3,(H,18,20)/b;7-5+. The van der Waals surface area contributed by atoms with Gasteiger partial charge >= 0.3 is 0 Å². The molecule has 1 fully saturated rings. The van der Waals surface area contributed by atoms with E-state index in [9.17, 15) is 9.59 Å². The number of anilines is 2. The maximum atomic E-state index is 11.5. The molecule has 240 valence electrons. The Kier molecular flexibility index (Phi) is 12.1. The van der Waals surface area contributed by atoms with Crippen molar-refractivity contribution in [3.05, 3.63) is 66.8 Å². The minimum Gasteiger partial charge on any atom is -0.332 e. The van der Waals surface area contributed by atoms with Crippen molar-refractivity contribution in [2.45, 2.75) is 99.1 Å². The van der Waals surface area contributed by atoms with Crippen LogP contribution < -0.4 is 10.6 Å². The predicted octanol–water partition coefficient (Wildman–Crippen LogP) is 8.13. The van der Waals surface area contributed by atoms with Gasteiger partial charge in [0.05, 0.1) is 29.5 Å². The molecular formula is C36H49N7O2. The van der Waals surface area contributed by atoms with E-state index in [1.54, 1.807) is 18.5 Å². The summed E-state index contributed by atoms with van der Waals surface area (Å²) < 4.78 is 4.24. The van der Waals surface area contributed by atoms with E-state index >= 15 is 0 Å². The molecule has 1 aliphatic rings. The van der Waals surface area contributed by atoms with Gasteiger partial charge in [-0.2, -0.15) is 5.10 Å². The van der Waals surface area contributed by atoms with E-state index in [0.717, 1.165) is 65.3 Å². The Morgan fingerprint density at radius 1 is 0.933 bits per heavy atom. The molecule has 0 radical (unpaired) electrons. The Morgan fingerprint density at radius 3 is 2.22 bits per heavy atom. The van der Waals surface area contributed by atoms with Gasteiger partial charge in [0.25, 0.3) is 0 Å². The number of amides is 2. The normalized spacial score (nSPS) is 16.5. The fourth-order valence-electron chi connectivity index (χ4n) is 6.20. The van der Waals surface area contributed by atoms with Crippen LogP contribution in [0.1, 0.15) is 83.4 Å². The third kappa shape index (κ3) is 8.90. The van der Waals surface area contributed by atoms with Crippen LogP contribution in [0.3, 0.4) is 0 Å². The molecule has 5 rings (SSSR count). The van der Waals surface area contributed by atoms with Crippen molar-refractivity contribution in [1.82, 2.24) is 24.3 Å². The average Bonchev–Trinajstić information content (AvgIpc) is 3.51. The van der Waals surface area contributed by atoms with E-state index in [1.165, 1.54) is 56.2 Å². The van der Waals surface area contributed by atoms with Crippen molar-refractivity contribution in [3.8, 4) is 0 Å². The number of carbonyl (C=O) groups excluding carboxylic acids is 2. The van der Waals surface area contributed by atoms with Crippen LogP contribution in [0.25, 0.3) is 22.1 Å². The van der Waals surface area contributed by atoms with Crippen molar-refractivity contribution in [3.63, 3.8) is 0 Å². The van der Waals surface area contributed by atoms with E-state index in [0.29, 0.717) is 11.6 Å². The molecule has 4 aromatic rings. The number of nitrogens with one attached hydrogen (secondary N) is 2. The lowest BCUT2D eigenvalue weighted by Crippen LogP contribution is -2.19. The average molecular weight is 612 g/mol. The number of pyridine rings is 2. The van der Waals surface area contributed by atoms with E-state index in [1.807, 2.05) is 26.0 Å². The van der Waals surface area contributed by atoms with E-state index in [-0.39, 0.29) is 11.8 Å². The number of hydrogen-bond donors (Lipinski definition) is 2. The molecule has 1 saturated carbocycles. The van der Waals surface area contributed by atoms with Gasteiger partial charge in [-0.15, -0.1) is 0 Å². The number of allylic oxidation sites excluding steroid dienone is 1. The highest BCUT2D eigenvalue weighted by Crippen LogP contribution is 2.33. The molecule has 0 aromatic carbocycles. The second-order valence-electron chi connectivity index (χ2n) is 12.2. The molecule has 0 aliphatic heterocycles. The summed E-state index contributed by atoms with van der Waals surface area (Å²) >= 11 is 0. The van der Waals surface area contributed by atoms with Gasteiger partial charge in [0.2, 0.25) is 11.8 Å². The van der Waals surface area contributed by atoms with Crippen LogP contribution in [-0.2, 0) is 22.7 Å². The Bertz CT molecular complexity index is 1640. The minimum absolute atomic E-state index is 0.128. The SMILES string of the molecule is C/C=C/C(=O)Nc1cnc2c(c1)c(C)cn2CCCC.C=CC(=O)Nc1cnc2c(c1)c(C)nn2CC1CCC(CCC)CC1. The number of rotatable bonds is 11. The fraction of sp³-hybridized carbons (Fsp3) is 0.472. The lowest BCUT2D eigenvalue weighted by molar-refractivity contribution is -0.112. The van der Waals surface area contributed by atoms with E-state index in [4.69, 9.17) is 5.10 Å².